The molecule has 2 nitrogen and oxygen atoms in total. The Morgan fingerprint density at radius 3 is 2.14 bits per heavy atom. The van der Waals surface area contributed by atoms with E-state index < -0.39 is 0 Å². The highest BCUT2D eigenvalue weighted by atomic mass is 16.2. The number of rotatable bonds is 1. The van der Waals surface area contributed by atoms with Crippen molar-refractivity contribution in [2.45, 2.75) is 0 Å². The second kappa shape index (κ2) is 2.32. The van der Waals surface area contributed by atoms with Crippen LogP contribution in [0.1, 0.15) is 0 Å². The van der Waals surface area contributed by atoms with E-state index in [1.165, 1.54) is 4.90 Å². The van der Waals surface area contributed by atoms with Gasteiger partial charge in [-0.2, -0.15) is 0 Å². The van der Waals surface area contributed by atoms with Crippen LogP contribution in [0.4, 0.5) is 0 Å². The number of amides is 1. The highest BCUT2D eigenvalue weighted by Gasteiger charge is 2.04. The van der Waals surface area contributed by atoms with Crippen molar-refractivity contribution in [2.75, 3.05) is 14.1 Å². The Hall–Kier alpha value is -0.880. The van der Waals surface area contributed by atoms with Gasteiger partial charge in [0.1, 0.15) is 0 Å². The van der Waals surface area contributed by atoms with Gasteiger partial charge in [-0.3, -0.25) is 4.90 Å². The first kappa shape index (κ1) is 6.12. The van der Waals surface area contributed by atoms with E-state index in [1.54, 1.807) is 14.1 Å². The van der Waals surface area contributed by atoms with Crippen molar-refractivity contribution in [3.8, 4) is 0 Å². The second-order valence-electron chi connectivity index (χ2n) is 1.40. The fraction of sp³-hybridized carbons (Fsp3) is 0.400. The Morgan fingerprint density at radius 1 is 1.71 bits per heavy atom. The molecule has 0 aliphatic carbocycles. The first-order valence-corrected chi connectivity index (χ1v) is 1.94. The summed E-state index contributed by atoms with van der Waals surface area (Å²) in [5, 5.41) is 0. The smallest absolute Gasteiger partial charge is 0.269 e. The summed E-state index contributed by atoms with van der Waals surface area (Å²) in [7, 11) is 3.29. The predicted molar refractivity (Wildman–Crippen MR) is 27.6 cm³/mol. The van der Waals surface area contributed by atoms with Gasteiger partial charge < -0.3 is 0 Å². The van der Waals surface area contributed by atoms with Gasteiger partial charge in [-0.05, 0) is 0 Å². The van der Waals surface area contributed by atoms with Gasteiger partial charge in [0, 0.05) is 14.1 Å². The van der Waals surface area contributed by atoms with Gasteiger partial charge in [-0.25, -0.2) is 0 Å². The fourth-order valence-corrected chi connectivity index (χ4v) is 0.149. The molecule has 0 aliphatic heterocycles. The molecule has 0 heterocycles. The van der Waals surface area contributed by atoms with Crippen molar-refractivity contribution in [1.29, 1.82) is 0 Å². The summed E-state index contributed by atoms with van der Waals surface area (Å²) in [6.45, 7) is 4.86. The number of likely N-dealkylation sites (N-methyl/N-ethyl adjacent to an activating group) is 1. The Morgan fingerprint density at radius 2 is 2.14 bits per heavy atom. The van der Waals surface area contributed by atoms with E-state index in [2.05, 4.69) is 0 Å². The van der Waals surface area contributed by atoms with Gasteiger partial charge in [-0.1, -0.05) is 0 Å². The zero-order valence-corrected chi connectivity index (χ0v) is 4.51. The molecule has 0 atom stereocenters. The maximum absolute atomic E-state index is 10.3. The van der Waals surface area contributed by atoms with Crippen LogP contribution in [-0.4, -0.2) is 24.9 Å². The van der Waals surface area contributed by atoms with Gasteiger partial charge in [0.05, 0.1) is 6.58 Å². The van der Waals surface area contributed by atoms with Gasteiger partial charge >= 0.3 is 5.91 Å². The van der Waals surface area contributed by atoms with Crippen LogP contribution < -0.4 is 0 Å². The van der Waals surface area contributed by atoms with E-state index >= 15 is 0 Å². The van der Waals surface area contributed by atoms with Crippen LogP contribution in [0.5, 0.6) is 0 Å². The second-order valence-corrected chi connectivity index (χ2v) is 1.40. The van der Waals surface area contributed by atoms with E-state index in [-0.39, 0.29) is 5.91 Å². The molecule has 38 valence electrons. The minimum Gasteiger partial charge on any atom is -0.269 e. The molecule has 1 amide bonds. The van der Waals surface area contributed by atoms with Crippen LogP contribution >= 0.6 is 0 Å². The third-order valence-corrected chi connectivity index (χ3v) is 0.583. The number of hydrogen-bond donors (Lipinski definition) is 0. The van der Waals surface area contributed by atoms with Crippen molar-refractivity contribution >= 4 is 5.91 Å². The lowest BCUT2D eigenvalue weighted by Gasteiger charge is -1.94. The molecule has 0 bridgehead atoms. The lowest BCUT2D eigenvalue weighted by Crippen LogP contribution is -2.18. The normalized spacial score (nSPS) is 7.57. The summed E-state index contributed by atoms with van der Waals surface area (Å²) >= 11 is 0. The fourth-order valence-electron chi connectivity index (χ4n) is 0.149. The van der Waals surface area contributed by atoms with Crippen molar-refractivity contribution in [2.24, 2.45) is 0 Å². The highest BCUT2D eigenvalue weighted by molar-refractivity contribution is 5.86. The lowest BCUT2D eigenvalue weighted by molar-refractivity contribution is -0.123. The van der Waals surface area contributed by atoms with Crippen LogP contribution in [0.25, 0.3) is 0 Å². The van der Waals surface area contributed by atoms with Crippen molar-refractivity contribution in [3.05, 3.63) is 12.7 Å². The summed E-state index contributed by atoms with van der Waals surface area (Å²) in [6, 6.07) is 0. The Kier molecular flexibility index (Phi) is 2.03. The summed E-state index contributed by atoms with van der Waals surface area (Å²) in [4.78, 5) is 11.7. The molecule has 0 N–H and O–H groups in total. The molecule has 0 aromatic heterocycles. The molecule has 2 heteroatoms. The molecule has 0 saturated carbocycles. The molecular formula is C5H8NO+. The van der Waals surface area contributed by atoms with Crippen LogP contribution in [0.3, 0.4) is 0 Å². The molecule has 0 saturated heterocycles. The summed E-state index contributed by atoms with van der Waals surface area (Å²) in [5.74, 6) is -0.167. The number of carbonyl (C=O) groups excluding carboxylic acids is 1. The molecule has 0 radical (unpaired) electrons. The zero-order chi connectivity index (χ0) is 5.86. The van der Waals surface area contributed by atoms with E-state index in [9.17, 15) is 4.79 Å². The molecule has 0 aromatic rings. The van der Waals surface area contributed by atoms with E-state index in [0.717, 1.165) is 6.08 Å². The maximum atomic E-state index is 10.3. The molecule has 0 unspecified atom stereocenters. The molecule has 0 aromatic carbocycles. The molecule has 0 fully saturated rings. The zero-order valence-electron chi connectivity index (χ0n) is 4.51. The van der Waals surface area contributed by atoms with Gasteiger partial charge in [-0.15, -0.1) is 4.79 Å². The predicted octanol–water partition coefficient (Wildman–Crippen LogP) is 0.0638. The first-order valence-electron chi connectivity index (χ1n) is 1.94. The van der Waals surface area contributed by atoms with Gasteiger partial charge in [0.2, 0.25) is 6.08 Å². The van der Waals surface area contributed by atoms with Crippen LogP contribution in [0, 0.1) is 6.58 Å². The maximum Gasteiger partial charge on any atom is 0.397 e. The average Bonchev–Trinajstić information content (AvgIpc) is 1.65. The lowest BCUT2D eigenvalue weighted by atomic mass is 10.5. The monoisotopic (exact) mass is 98.1 g/mol. The Labute approximate surface area is 43.4 Å². The van der Waals surface area contributed by atoms with Gasteiger partial charge in [0.15, 0.2) is 0 Å². The first-order chi connectivity index (χ1) is 3.18. The highest BCUT2D eigenvalue weighted by Crippen LogP contribution is 1.74. The third kappa shape index (κ3) is 1.90. The topological polar surface area (TPSA) is 20.3 Å². The van der Waals surface area contributed by atoms with Crippen LogP contribution in [0.2, 0.25) is 0 Å². The van der Waals surface area contributed by atoms with E-state index in [1.807, 2.05) is 0 Å². The van der Waals surface area contributed by atoms with Crippen molar-refractivity contribution in [1.82, 2.24) is 4.90 Å². The van der Waals surface area contributed by atoms with Crippen molar-refractivity contribution < 1.29 is 4.79 Å². The minimum atomic E-state index is -0.167. The largest absolute Gasteiger partial charge is 0.397 e. The summed E-state index contributed by atoms with van der Waals surface area (Å²) in [5.41, 5.74) is 0. The van der Waals surface area contributed by atoms with Gasteiger partial charge in [0.25, 0.3) is 0 Å². The Balaban J connectivity index is 3.56. The third-order valence-electron chi connectivity index (χ3n) is 0.583. The number of nitrogens with zero attached hydrogens (tertiary/aromatic N) is 1. The molecule has 0 rings (SSSR count). The van der Waals surface area contributed by atoms with Crippen molar-refractivity contribution in [3.63, 3.8) is 0 Å². The summed E-state index contributed by atoms with van der Waals surface area (Å²) < 4.78 is 0. The molecule has 7 heavy (non-hydrogen) atoms. The minimum absolute atomic E-state index is 0.167. The number of hydrogen-bond acceptors (Lipinski definition) is 1. The standard InChI is InChI=1S/C5H8NO/c1-4-5(7)6(2)3/h1,4H,2-3H3/q+1. The molecular weight excluding hydrogens is 90.1 g/mol. The van der Waals surface area contributed by atoms with Crippen LogP contribution in [0.15, 0.2) is 6.08 Å². The molecule has 0 aliphatic rings. The number of carbonyl (C=O) groups is 1. The SMILES string of the molecule is [CH+]=CC(=O)N(C)C. The van der Waals surface area contributed by atoms with E-state index in [0.29, 0.717) is 0 Å². The average molecular weight is 98.1 g/mol. The molecule has 0 spiro atoms. The quantitative estimate of drug-likeness (QED) is 0.335. The Bertz CT molecular complexity index is 86.1. The van der Waals surface area contributed by atoms with E-state index in [4.69, 9.17) is 6.58 Å². The van der Waals surface area contributed by atoms with Crippen LogP contribution in [-0.2, 0) is 4.79 Å². The summed E-state index contributed by atoms with van der Waals surface area (Å²) in [6.07, 6.45) is 1.03.